The molecule has 6 rings (SSSR count). The number of benzene rings is 3. The Balaban J connectivity index is 1.50. The van der Waals surface area contributed by atoms with Gasteiger partial charge in [0.15, 0.2) is 4.80 Å². The topological polar surface area (TPSA) is 74.8 Å². The fraction of sp³-hybridized carbons (Fsp3) is 0.206. The van der Waals surface area contributed by atoms with Crippen LogP contribution in [0.15, 0.2) is 100 Å². The normalized spacial score (nSPS) is 15.0. The first kappa shape index (κ1) is 28.7. The lowest BCUT2D eigenvalue weighted by atomic mass is 9.96. The molecule has 0 radical (unpaired) electrons. The Kier molecular flexibility index (Phi) is 8.06. The number of para-hydroxylation sites is 1. The molecule has 0 bridgehead atoms. The number of ether oxygens (including phenoxy) is 2. The highest BCUT2D eigenvalue weighted by atomic mass is 35.5. The van der Waals surface area contributed by atoms with E-state index in [2.05, 4.69) is 10.6 Å². The fourth-order valence-electron chi connectivity index (χ4n) is 5.49. The molecule has 0 saturated heterocycles. The molecule has 2 aromatic heterocycles. The largest absolute Gasteiger partial charge is 0.494 e. The Bertz CT molecular complexity index is 2050. The van der Waals surface area contributed by atoms with E-state index in [0.717, 1.165) is 27.6 Å². The van der Waals surface area contributed by atoms with E-state index in [4.69, 9.17) is 26.1 Å². The molecule has 5 aromatic rings. The highest BCUT2D eigenvalue weighted by Crippen LogP contribution is 2.32. The van der Waals surface area contributed by atoms with Gasteiger partial charge in [0.2, 0.25) is 0 Å². The summed E-state index contributed by atoms with van der Waals surface area (Å²) >= 11 is 7.79. The first-order chi connectivity index (χ1) is 20.9. The smallest absolute Gasteiger partial charge is 0.338 e. The zero-order valence-corrected chi connectivity index (χ0v) is 25.6. The van der Waals surface area contributed by atoms with E-state index in [0.29, 0.717) is 44.5 Å². The Morgan fingerprint density at radius 2 is 1.77 bits per heavy atom. The third-order valence-electron chi connectivity index (χ3n) is 7.43. The van der Waals surface area contributed by atoms with Crippen molar-refractivity contribution >= 4 is 45.9 Å². The molecule has 0 saturated carbocycles. The second-order valence-electron chi connectivity index (χ2n) is 10.1. The lowest BCUT2D eigenvalue weighted by Gasteiger charge is -2.24. The quantitative estimate of drug-likeness (QED) is 0.206. The zero-order chi connectivity index (χ0) is 30.1. The van der Waals surface area contributed by atoms with Gasteiger partial charge in [0, 0.05) is 34.2 Å². The summed E-state index contributed by atoms with van der Waals surface area (Å²) in [6, 6.07) is 22.7. The standard InChI is InChI=1S/C34H30ClN3O4S/c1-4-41-25-16-14-22(15-17-25)31-30(33(40)42-5-2)21(3)36-34-38(31)32(39)29(43-34)18-24-20-37(28-13-9-7-11-26(24)28)19-23-10-6-8-12-27(23)35/h6-18,20,31H,4-5,19H2,1-3H3/b29-18-/t31-/m0/s1. The van der Waals surface area contributed by atoms with Gasteiger partial charge in [0.05, 0.1) is 35.1 Å². The van der Waals surface area contributed by atoms with Crippen molar-refractivity contribution in [2.75, 3.05) is 13.2 Å². The molecule has 9 heteroatoms. The average Bonchev–Trinajstić information content (AvgIpc) is 3.50. The van der Waals surface area contributed by atoms with Gasteiger partial charge < -0.3 is 14.0 Å². The molecule has 0 unspecified atom stereocenters. The van der Waals surface area contributed by atoms with Crippen LogP contribution in [0.5, 0.6) is 5.75 Å². The van der Waals surface area contributed by atoms with Gasteiger partial charge in [-0.2, -0.15) is 0 Å². The number of fused-ring (bicyclic) bond motifs is 2. The maximum atomic E-state index is 14.1. The zero-order valence-electron chi connectivity index (χ0n) is 24.0. The maximum absolute atomic E-state index is 14.1. The number of thiazole rings is 1. The van der Waals surface area contributed by atoms with Gasteiger partial charge in [-0.25, -0.2) is 9.79 Å². The lowest BCUT2D eigenvalue weighted by molar-refractivity contribution is -0.139. The highest BCUT2D eigenvalue weighted by Gasteiger charge is 2.33. The second-order valence-corrected chi connectivity index (χ2v) is 11.5. The molecule has 0 spiro atoms. The second kappa shape index (κ2) is 12.1. The van der Waals surface area contributed by atoms with Crippen molar-refractivity contribution in [3.63, 3.8) is 0 Å². The van der Waals surface area contributed by atoms with Crippen LogP contribution in [0.2, 0.25) is 5.02 Å². The number of halogens is 1. The summed E-state index contributed by atoms with van der Waals surface area (Å²) in [4.78, 5) is 32.6. The molecule has 3 aromatic carbocycles. The Labute approximate surface area is 257 Å². The number of rotatable bonds is 8. The van der Waals surface area contributed by atoms with E-state index in [-0.39, 0.29) is 12.2 Å². The van der Waals surface area contributed by atoms with Crippen LogP contribution >= 0.6 is 22.9 Å². The monoisotopic (exact) mass is 611 g/mol. The van der Waals surface area contributed by atoms with Gasteiger partial charge in [0.1, 0.15) is 5.75 Å². The van der Waals surface area contributed by atoms with Crippen LogP contribution in [0.1, 0.15) is 43.5 Å². The number of hydrogen-bond acceptors (Lipinski definition) is 6. The van der Waals surface area contributed by atoms with Crippen molar-refractivity contribution in [2.45, 2.75) is 33.4 Å². The molecule has 1 aliphatic heterocycles. The van der Waals surface area contributed by atoms with Crippen molar-refractivity contribution in [3.05, 3.63) is 132 Å². The van der Waals surface area contributed by atoms with E-state index in [1.807, 2.05) is 85.9 Å². The van der Waals surface area contributed by atoms with E-state index in [1.54, 1.807) is 18.4 Å². The van der Waals surface area contributed by atoms with Crippen LogP contribution < -0.4 is 19.6 Å². The number of aromatic nitrogens is 2. The van der Waals surface area contributed by atoms with Crippen molar-refractivity contribution in [3.8, 4) is 5.75 Å². The predicted octanol–water partition coefficient (Wildman–Crippen LogP) is 5.85. The summed E-state index contributed by atoms with van der Waals surface area (Å²) in [5.41, 5.74) is 4.38. The molecular weight excluding hydrogens is 582 g/mol. The highest BCUT2D eigenvalue weighted by molar-refractivity contribution is 7.07. The summed E-state index contributed by atoms with van der Waals surface area (Å²) in [5.74, 6) is 0.227. The van der Waals surface area contributed by atoms with Gasteiger partial charge in [-0.3, -0.25) is 9.36 Å². The third kappa shape index (κ3) is 5.44. The van der Waals surface area contributed by atoms with Gasteiger partial charge in [-0.05, 0) is 62.2 Å². The molecule has 1 aliphatic rings. The van der Waals surface area contributed by atoms with Gasteiger partial charge in [0.25, 0.3) is 5.56 Å². The first-order valence-corrected chi connectivity index (χ1v) is 15.3. The van der Waals surface area contributed by atoms with E-state index < -0.39 is 12.0 Å². The Morgan fingerprint density at radius 1 is 1.02 bits per heavy atom. The molecule has 43 heavy (non-hydrogen) atoms. The molecule has 218 valence electrons. The molecule has 0 fully saturated rings. The van der Waals surface area contributed by atoms with Crippen molar-refractivity contribution in [1.29, 1.82) is 0 Å². The van der Waals surface area contributed by atoms with Crippen LogP contribution in [-0.4, -0.2) is 28.3 Å². The molecule has 3 heterocycles. The van der Waals surface area contributed by atoms with Crippen LogP contribution in [-0.2, 0) is 16.1 Å². The van der Waals surface area contributed by atoms with Crippen LogP contribution in [0.4, 0.5) is 0 Å². The van der Waals surface area contributed by atoms with Gasteiger partial charge in [-0.1, -0.05) is 71.5 Å². The number of carbonyl (C=O) groups excluding carboxylic acids is 1. The maximum Gasteiger partial charge on any atom is 0.338 e. The van der Waals surface area contributed by atoms with Crippen LogP contribution in [0.3, 0.4) is 0 Å². The summed E-state index contributed by atoms with van der Waals surface area (Å²) < 4.78 is 15.3. The van der Waals surface area contributed by atoms with Crippen molar-refractivity contribution in [2.24, 2.45) is 4.99 Å². The Hall–Kier alpha value is -4.40. The average molecular weight is 612 g/mol. The molecule has 7 nitrogen and oxygen atoms in total. The number of nitrogens with zero attached hydrogens (tertiary/aromatic N) is 3. The number of hydrogen-bond donors (Lipinski definition) is 0. The molecule has 0 aliphatic carbocycles. The number of esters is 1. The summed E-state index contributed by atoms with van der Waals surface area (Å²) in [6.07, 6.45) is 3.96. The minimum atomic E-state index is -0.685. The van der Waals surface area contributed by atoms with Crippen LogP contribution in [0.25, 0.3) is 17.0 Å². The van der Waals surface area contributed by atoms with E-state index in [1.165, 1.54) is 11.3 Å². The fourth-order valence-corrected chi connectivity index (χ4v) is 6.73. The third-order valence-corrected chi connectivity index (χ3v) is 8.78. The summed E-state index contributed by atoms with van der Waals surface area (Å²) in [5, 5.41) is 1.73. The molecular formula is C34H30ClN3O4S. The molecule has 0 amide bonds. The molecule has 1 atom stereocenters. The Morgan fingerprint density at radius 3 is 2.51 bits per heavy atom. The summed E-state index contributed by atoms with van der Waals surface area (Å²) in [7, 11) is 0. The number of allylic oxidation sites excluding steroid dienone is 1. The van der Waals surface area contributed by atoms with E-state index >= 15 is 0 Å². The van der Waals surface area contributed by atoms with Gasteiger partial charge in [-0.15, -0.1) is 0 Å². The van der Waals surface area contributed by atoms with Gasteiger partial charge >= 0.3 is 5.97 Å². The van der Waals surface area contributed by atoms with Crippen molar-refractivity contribution in [1.82, 2.24) is 9.13 Å². The minimum Gasteiger partial charge on any atom is -0.494 e. The van der Waals surface area contributed by atoms with Crippen molar-refractivity contribution < 1.29 is 14.3 Å². The minimum absolute atomic E-state index is 0.217. The van der Waals surface area contributed by atoms with Crippen LogP contribution in [0, 0.1) is 0 Å². The number of carbonyl (C=O) groups is 1. The molecule has 0 N–H and O–H groups in total. The predicted molar refractivity (Wildman–Crippen MR) is 171 cm³/mol. The van der Waals surface area contributed by atoms with E-state index in [9.17, 15) is 9.59 Å². The summed E-state index contributed by atoms with van der Waals surface area (Å²) in [6.45, 7) is 6.82. The lowest BCUT2D eigenvalue weighted by Crippen LogP contribution is -2.39. The first-order valence-electron chi connectivity index (χ1n) is 14.1. The SMILES string of the molecule is CCOC(=O)C1=C(C)N=c2s/c(=C\c3cn(Cc4ccccc4Cl)c4ccccc34)c(=O)n2[C@H]1c1ccc(OCC)cc1.